The van der Waals surface area contributed by atoms with Crippen molar-refractivity contribution in [3.05, 3.63) is 44.7 Å². The van der Waals surface area contributed by atoms with Gasteiger partial charge in [0.25, 0.3) is 11.5 Å². The highest BCUT2D eigenvalue weighted by atomic mass is 32.1. The summed E-state index contributed by atoms with van der Waals surface area (Å²) < 4.78 is 1.46. The van der Waals surface area contributed by atoms with Crippen LogP contribution in [0.25, 0.3) is 15.9 Å². The van der Waals surface area contributed by atoms with Gasteiger partial charge in [0.2, 0.25) is 0 Å². The largest absolute Gasteiger partial charge is 0.351 e. The first-order valence-corrected chi connectivity index (χ1v) is 8.56. The number of hydrogen-bond acceptors (Lipinski definition) is 5. The van der Waals surface area contributed by atoms with Crippen LogP contribution in [0.15, 0.2) is 23.1 Å². The second-order valence-corrected chi connectivity index (χ2v) is 7.26. The Hall–Kier alpha value is -2.25. The summed E-state index contributed by atoms with van der Waals surface area (Å²) in [6.07, 6.45) is 1.66. The molecule has 0 fully saturated rings. The molecule has 0 aliphatic carbocycles. The third-order valence-electron chi connectivity index (χ3n) is 4.06. The van der Waals surface area contributed by atoms with E-state index in [4.69, 9.17) is 0 Å². The van der Waals surface area contributed by atoms with Crippen molar-refractivity contribution in [2.45, 2.75) is 13.8 Å². The molecule has 0 aromatic carbocycles. The van der Waals surface area contributed by atoms with Crippen LogP contribution in [0.3, 0.4) is 0 Å². The van der Waals surface area contributed by atoms with Crippen LogP contribution in [0, 0.1) is 13.8 Å². The third kappa shape index (κ3) is 2.81. The van der Waals surface area contributed by atoms with Crippen LogP contribution >= 0.6 is 11.3 Å². The SMILES string of the molecule is Cc1sc2nc3c(C(=O)NCCN(C)C)cccn3c(=O)c2c1C. The van der Waals surface area contributed by atoms with Crippen molar-refractivity contribution in [1.29, 1.82) is 0 Å². The van der Waals surface area contributed by atoms with Gasteiger partial charge in [0, 0.05) is 24.2 Å². The van der Waals surface area contributed by atoms with Crippen molar-refractivity contribution in [2.75, 3.05) is 27.2 Å². The summed E-state index contributed by atoms with van der Waals surface area (Å²) in [7, 11) is 3.90. The van der Waals surface area contributed by atoms with Gasteiger partial charge in [-0.3, -0.25) is 14.0 Å². The molecule has 24 heavy (non-hydrogen) atoms. The molecule has 3 rings (SSSR count). The number of likely N-dealkylation sites (N-methyl/N-ethyl adjacent to an activating group) is 1. The molecule has 0 aliphatic rings. The van der Waals surface area contributed by atoms with Gasteiger partial charge in [0.15, 0.2) is 5.65 Å². The summed E-state index contributed by atoms with van der Waals surface area (Å²) in [5.74, 6) is -0.216. The number of nitrogens with zero attached hydrogens (tertiary/aromatic N) is 3. The molecule has 1 N–H and O–H groups in total. The zero-order chi connectivity index (χ0) is 17.4. The topological polar surface area (TPSA) is 66.7 Å². The summed E-state index contributed by atoms with van der Waals surface area (Å²) in [4.78, 5) is 33.6. The Balaban J connectivity index is 2.12. The first kappa shape index (κ1) is 16.6. The van der Waals surface area contributed by atoms with E-state index in [0.717, 1.165) is 17.0 Å². The van der Waals surface area contributed by atoms with Gasteiger partial charge in [0.05, 0.1) is 10.9 Å². The summed E-state index contributed by atoms with van der Waals surface area (Å²) >= 11 is 1.49. The normalized spacial score (nSPS) is 11.5. The van der Waals surface area contributed by atoms with Gasteiger partial charge in [-0.05, 0) is 45.6 Å². The number of carbonyl (C=O) groups is 1. The Labute approximate surface area is 143 Å². The van der Waals surface area contributed by atoms with E-state index < -0.39 is 0 Å². The van der Waals surface area contributed by atoms with Crippen molar-refractivity contribution in [2.24, 2.45) is 0 Å². The highest BCUT2D eigenvalue weighted by Gasteiger charge is 2.17. The molecule has 3 aromatic heterocycles. The average Bonchev–Trinajstić information content (AvgIpc) is 2.81. The van der Waals surface area contributed by atoms with E-state index in [-0.39, 0.29) is 11.5 Å². The number of fused-ring (bicyclic) bond motifs is 2. The average molecular weight is 344 g/mol. The molecule has 0 saturated carbocycles. The molecule has 0 radical (unpaired) electrons. The van der Waals surface area contributed by atoms with E-state index in [2.05, 4.69) is 10.3 Å². The minimum atomic E-state index is -0.216. The van der Waals surface area contributed by atoms with E-state index in [0.29, 0.717) is 28.0 Å². The van der Waals surface area contributed by atoms with Crippen LogP contribution in [-0.4, -0.2) is 47.4 Å². The number of carbonyl (C=O) groups excluding carboxylic acids is 1. The predicted molar refractivity (Wildman–Crippen MR) is 97.2 cm³/mol. The summed E-state index contributed by atoms with van der Waals surface area (Å²) in [6.45, 7) is 5.20. The Morgan fingerprint density at radius 2 is 2.12 bits per heavy atom. The van der Waals surface area contributed by atoms with Crippen LogP contribution in [0.2, 0.25) is 0 Å². The van der Waals surface area contributed by atoms with Crippen LogP contribution < -0.4 is 10.9 Å². The number of aryl methyl sites for hydroxylation is 2. The Morgan fingerprint density at radius 3 is 2.83 bits per heavy atom. The lowest BCUT2D eigenvalue weighted by Crippen LogP contribution is -2.32. The first-order chi connectivity index (χ1) is 11.4. The van der Waals surface area contributed by atoms with Gasteiger partial charge < -0.3 is 10.2 Å². The lowest BCUT2D eigenvalue weighted by molar-refractivity contribution is 0.0952. The predicted octanol–water partition coefficient (Wildman–Crippen LogP) is 1.82. The maximum absolute atomic E-state index is 12.8. The summed E-state index contributed by atoms with van der Waals surface area (Å²) in [5, 5.41) is 3.51. The van der Waals surface area contributed by atoms with Crippen LogP contribution in [0.5, 0.6) is 0 Å². The molecular weight excluding hydrogens is 324 g/mol. The van der Waals surface area contributed by atoms with Gasteiger partial charge in [-0.2, -0.15) is 0 Å². The van der Waals surface area contributed by atoms with E-state index in [1.807, 2.05) is 32.8 Å². The molecule has 126 valence electrons. The van der Waals surface area contributed by atoms with Gasteiger partial charge in [0.1, 0.15) is 4.83 Å². The minimum absolute atomic E-state index is 0.125. The second-order valence-electron chi connectivity index (χ2n) is 6.06. The van der Waals surface area contributed by atoms with Crippen molar-refractivity contribution in [3.63, 3.8) is 0 Å². The summed E-state index contributed by atoms with van der Waals surface area (Å²) in [6, 6.07) is 3.41. The molecule has 3 aromatic rings. The Kier molecular flexibility index (Phi) is 4.38. The quantitative estimate of drug-likeness (QED) is 0.784. The van der Waals surface area contributed by atoms with Crippen LogP contribution in [0.4, 0.5) is 0 Å². The number of pyridine rings is 1. The van der Waals surface area contributed by atoms with Crippen LogP contribution in [0.1, 0.15) is 20.8 Å². The molecular formula is C17H20N4O2S. The van der Waals surface area contributed by atoms with Crippen molar-refractivity contribution in [1.82, 2.24) is 19.6 Å². The molecule has 0 unspecified atom stereocenters. The standard InChI is InChI=1S/C17H20N4O2S/c1-10-11(2)24-16-13(10)17(23)21-8-5-6-12(14(21)19-16)15(22)18-7-9-20(3)4/h5-6,8H,7,9H2,1-4H3,(H,18,22). The monoisotopic (exact) mass is 344 g/mol. The van der Waals surface area contributed by atoms with Gasteiger partial charge >= 0.3 is 0 Å². The molecule has 0 aliphatic heterocycles. The van der Waals surface area contributed by atoms with Gasteiger partial charge in [-0.25, -0.2) is 4.98 Å². The van der Waals surface area contributed by atoms with E-state index in [1.165, 1.54) is 15.7 Å². The maximum atomic E-state index is 12.8. The fraction of sp³-hybridized carbons (Fsp3) is 0.353. The van der Waals surface area contributed by atoms with E-state index >= 15 is 0 Å². The smallest absolute Gasteiger partial charge is 0.266 e. The number of aromatic nitrogens is 2. The van der Waals surface area contributed by atoms with Crippen molar-refractivity contribution < 1.29 is 4.79 Å². The number of rotatable bonds is 4. The lowest BCUT2D eigenvalue weighted by Gasteiger charge is -2.11. The number of nitrogens with one attached hydrogen (secondary N) is 1. The molecule has 6 nitrogen and oxygen atoms in total. The number of thiophene rings is 1. The lowest BCUT2D eigenvalue weighted by atomic mass is 10.2. The summed E-state index contributed by atoms with van der Waals surface area (Å²) in [5.41, 5.74) is 1.65. The molecule has 0 spiro atoms. The highest BCUT2D eigenvalue weighted by Crippen LogP contribution is 2.26. The highest BCUT2D eigenvalue weighted by molar-refractivity contribution is 7.18. The molecule has 0 saturated heterocycles. The molecule has 7 heteroatoms. The Morgan fingerprint density at radius 1 is 1.38 bits per heavy atom. The maximum Gasteiger partial charge on any atom is 0.266 e. The Bertz CT molecular complexity index is 988. The van der Waals surface area contributed by atoms with Crippen LogP contribution in [-0.2, 0) is 0 Å². The van der Waals surface area contributed by atoms with Gasteiger partial charge in [-0.15, -0.1) is 11.3 Å². The molecule has 1 amide bonds. The van der Waals surface area contributed by atoms with Crippen molar-refractivity contribution >= 4 is 33.1 Å². The molecule has 0 bridgehead atoms. The fourth-order valence-corrected chi connectivity index (χ4v) is 3.62. The molecule has 0 atom stereocenters. The first-order valence-electron chi connectivity index (χ1n) is 7.74. The third-order valence-corrected chi connectivity index (χ3v) is 5.16. The van der Waals surface area contributed by atoms with E-state index in [9.17, 15) is 9.59 Å². The minimum Gasteiger partial charge on any atom is -0.351 e. The number of amides is 1. The molecule has 3 heterocycles. The number of hydrogen-bond donors (Lipinski definition) is 1. The second kappa shape index (κ2) is 6.33. The van der Waals surface area contributed by atoms with Gasteiger partial charge in [-0.1, -0.05) is 0 Å². The zero-order valence-corrected chi connectivity index (χ0v) is 15.0. The van der Waals surface area contributed by atoms with E-state index in [1.54, 1.807) is 18.3 Å². The fourth-order valence-electron chi connectivity index (χ4n) is 2.60. The zero-order valence-electron chi connectivity index (χ0n) is 14.2. The van der Waals surface area contributed by atoms with Crippen molar-refractivity contribution in [3.8, 4) is 0 Å².